The highest BCUT2D eigenvalue weighted by atomic mass is 32.2. The topological polar surface area (TPSA) is 96.4 Å². The number of hydrogen-bond donors (Lipinski definition) is 2. The van der Waals surface area contributed by atoms with E-state index in [2.05, 4.69) is 9.71 Å². The van der Waals surface area contributed by atoms with Crippen molar-refractivity contribution in [3.63, 3.8) is 0 Å². The second kappa shape index (κ2) is 6.44. The van der Waals surface area contributed by atoms with Gasteiger partial charge in [-0.15, -0.1) is 11.3 Å². The van der Waals surface area contributed by atoms with Gasteiger partial charge >= 0.3 is 5.97 Å². The number of sulfonamides is 1. The van der Waals surface area contributed by atoms with Gasteiger partial charge in [0.05, 0.1) is 10.7 Å². The monoisotopic (exact) mass is 306 g/mol. The Bertz CT molecular complexity index is 551. The first-order valence-corrected chi connectivity index (χ1v) is 8.27. The molecule has 1 aromatic heterocycles. The van der Waals surface area contributed by atoms with Crippen molar-refractivity contribution in [3.8, 4) is 0 Å². The minimum absolute atomic E-state index is 0.0905. The summed E-state index contributed by atoms with van der Waals surface area (Å²) >= 11 is 1.04. The van der Waals surface area contributed by atoms with Gasteiger partial charge in [0.2, 0.25) is 0 Å². The van der Waals surface area contributed by atoms with Crippen LogP contribution < -0.4 is 4.72 Å². The fourth-order valence-electron chi connectivity index (χ4n) is 1.64. The van der Waals surface area contributed by atoms with E-state index in [-0.39, 0.29) is 10.6 Å². The molecule has 0 aliphatic rings. The van der Waals surface area contributed by atoms with Crippen LogP contribution in [-0.4, -0.2) is 30.5 Å². The van der Waals surface area contributed by atoms with Gasteiger partial charge in [0.15, 0.2) is 4.21 Å². The van der Waals surface area contributed by atoms with E-state index in [0.29, 0.717) is 17.1 Å². The van der Waals surface area contributed by atoms with Crippen LogP contribution in [0.2, 0.25) is 0 Å². The van der Waals surface area contributed by atoms with E-state index in [9.17, 15) is 13.2 Å². The third kappa shape index (κ3) is 4.26. The van der Waals surface area contributed by atoms with E-state index in [1.165, 1.54) is 0 Å². The first-order chi connectivity index (χ1) is 8.77. The van der Waals surface area contributed by atoms with Crippen molar-refractivity contribution < 1.29 is 18.3 Å². The fourth-order valence-corrected chi connectivity index (χ4v) is 4.37. The molecule has 0 aliphatic carbocycles. The molecule has 0 fully saturated rings. The summed E-state index contributed by atoms with van der Waals surface area (Å²) in [5.74, 6) is -1.16. The molecule has 1 atom stereocenters. The van der Waals surface area contributed by atoms with E-state index in [1.54, 1.807) is 13.8 Å². The summed E-state index contributed by atoms with van der Waals surface area (Å²) in [4.78, 5) is 15.1. The van der Waals surface area contributed by atoms with Gasteiger partial charge in [-0.05, 0) is 20.3 Å². The SMILES string of the molecule is CCCCC(NS(=O)(=O)c1sc(C)nc1C)C(=O)O. The van der Waals surface area contributed by atoms with E-state index in [1.807, 2.05) is 6.92 Å². The van der Waals surface area contributed by atoms with Gasteiger partial charge in [0.25, 0.3) is 10.0 Å². The number of hydrogen-bond acceptors (Lipinski definition) is 5. The average molecular weight is 306 g/mol. The van der Waals surface area contributed by atoms with Crippen molar-refractivity contribution in [2.24, 2.45) is 0 Å². The zero-order valence-electron chi connectivity index (χ0n) is 11.1. The van der Waals surface area contributed by atoms with Gasteiger partial charge in [-0.2, -0.15) is 4.72 Å². The van der Waals surface area contributed by atoms with Crippen LogP contribution in [0.5, 0.6) is 0 Å². The molecule has 0 saturated heterocycles. The van der Waals surface area contributed by atoms with Crippen LogP contribution in [0.1, 0.15) is 36.9 Å². The predicted molar refractivity (Wildman–Crippen MR) is 72.9 cm³/mol. The minimum atomic E-state index is -3.82. The summed E-state index contributed by atoms with van der Waals surface area (Å²) in [5.41, 5.74) is 0.398. The van der Waals surface area contributed by atoms with Crippen molar-refractivity contribution >= 4 is 27.3 Å². The lowest BCUT2D eigenvalue weighted by molar-refractivity contribution is -0.139. The molecule has 108 valence electrons. The lowest BCUT2D eigenvalue weighted by atomic mass is 10.1. The van der Waals surface area contributed by atoms with Crippen LogP contribution in [-0.2, 0) is 14.8 Å². The standard InChI is InChI=1S/C11H18N2O4S2/c1-4-5-6-9(10(14)15)13-19(16,17)11-7(2)12-8(3)18-11/h9,13H,4-6H2,1-3H3,(H,14,15). The Morgan fingerprint density at radius 1 is 1.47 bits per heavy atom. The van der Waals surface area contributed by atoms with Crippen LogP contribution in [0.15, 0.2) is 4.21 Å². The molecule has 2 N–H and O–H groups in total. The summed E-state index contributed by atoms with van der Waals surface area (Å²) in [6.07, 6.45) is 1.74. The summed E-state index contributed by atoms with van der Waals surface area (Å²) in [6, 6.07) is -1.09. The number of rotatable bonds is 7. The average Bonchev–Trinajstić information content (AvgIpc) is 2.64. The second-order valence-electron chi connectivity index (χ2n) is 4.26. The Balaban J connectivity index is 2.94. The maximum absolute atomic E-state index is 12.1. The summed E-state index contributed by atoms with van der Waals surface area (Å²) in [6.45, 7) is 5.23. The van der Waals surface area contributed by atoms with Gasteiger partial charge in [0.1, 0.15) is 6.04 Å². The lowest BCUT2D eigenvalue weighted by Gasteiger charge is -2.13. The quantitative estimate of drug-likeness (QED) is 0.799. The van der Waals surface area contributed by atoms with Crippen LogP contribution in [0.4, 0.5) is 0 Å². The molecule has 0 aliphatic heterocycles. The third-order valence-corrected chi connectivity index (χ3v) is 5.70. The molecular formula is C11H18N2O4S2. The van der Waals surface area contributed by atoms with Gasteiger partial charge in [-0.1, -0.05) is 19.8 Å². The number of carboxylic acid groups (broad SMARTS) is 1. The van der Waals surface area contributed by atoms with Gasteiger partial charge in [-0.25, -0.2) is 13.4 Å². The van der Waals surface area contributed by atoms with Crippen molar-refractivity contribution in [3.05, 3.63) is 10.7 Å². The maximum atomic E-state index is 12.1. The summed E-state index contributed by atoms with van der Waals surface area (Å²) in [7, 11) is -3.82. The number of aryl methyl sites for hydroxylation is 2. The smallest absolute Gasteiger partial charge is 0.321 e. The summed E-state index contributed by atoms with van der Waals surface area (Å²) < 4.78 is 26.6. The Morgan fingerprint density at radius 2 is 2.11 bits per heavy atom. The molecule has 6 nitrogen and oxygen atoms in total. The molecule has 0 radical (unpaired) electrons. The number of thiazole rings is 1. The molecule has 1 heterocycles. The second-order valence-corrected chi connectivity index (χ2v) is 7.37. The van der Waals surface area contributed by atoms with Crippen molar-refractivity contribution in [1.82, 2.24) is 9.71 Å². The van der Waals surface area contributed by atoms with Crippen molar-refractivity contribution in [1.29, 1.82) is 0 Å². The van der Waals surface area contributed by atoms with Crippen molar-refractivity contribution in [2.75, 3.05) is 0 Å². The third-order valence-electron chi connectivity index (χ3n) is 2.55. The van der Waals surface area contributed by atoms with E-state index in [0.717, 1.165) is 17.8 Å². The lowest BCUT2D eigenvalue weighted by Crippen LogP contribution is -2.40. The number of nitrogens with one attached hydrogen (secondary N) is 1. The van der Waals surface area contributed by atoms with Gasteiger partial charge in [-0.3, -0.25) is 4.79 Å². The highest BCUT2D eigenvalue weighted by molar-refractivity contribution is 7.91. The molecule has 1 unspecified atom stereocenters. The molecule has 0 aromatic carbocycles. The van der Waals surface area contributed by atoms with E-state index >= 15 is 0 Å². The molecule has 0 bridgehead atoms. The number of aliphatic carboxylic acids is 1. The van der Waals surface area contributed by atoms with E-state index < -0.39 is 22.0 Å². The number of carbonyl (C=O) groups is 1. The first-order valence-electron chi connectivity index (χ1n) is 5.97. The molecule has 19 heavy (non-hydrogen) atoms. The minimum Gasteiger partial charge on any atom is -0.480 e. The van der Waals surface area contributed by atoms with Gasteiger partial charge < -0.3 is 5.11 Å². The zero-order chi connectivity index (χ0) is 14.6. The molecule has 1 aromatic rings. The Kier molecular flexibility index (Phi) is 5.45. The van der Waals surface area contributed by atoms with Gasteiger partial charge in [0, 0.05) is 0 Å². The van der Waals surface area contributed by atoms with Crippen LogP contribution >= 0.6 is 11.3 Å². The Hall–Kier alpha value is -0.990. The largest absolute Gasteiger partial charge is 0.480 e. The number of carboxylic acids is 1. The first kappa shape index (κ1) is 16.1. The predicted octanol–water partition coefficient (Wildman–Crippen LogP) is 1.68. The van der Waals surface area contributed by atoms with Crippen LogP contribution in [0.3, 0.4) is 0 Å². The summed E-state index contributed by atoms with van der Waals surface area (Å²) in [5, 5.41) is 9.68. The normalized spacial score (nSPS) is 13.4. The molecular weight excluding hydrogens is 288 g/mol. The zero-order valence-corrected chi connectivity index (χ0v) is 12.8. The maximum Gasteiger partial charge on any atom is 0.321 e. The number of aromatic nitrogens is 1. The fraction of sp³-hybridized carbons (Fsp3) is 0.636. The van der Waals surface area contributed by atoms with Crippen molar-refractivity contribution in [2.45, 2.75) is 50.3 Å². The molecule has 8 heteroatoms. The Morgan fingerprint density at radius 3 is 2.53 bits per heavy atom. The highest BCUT2D eigenvalue weighted by Crippen LogP contribution is 2.23. The van der Waals surface area contributed by atoms with E-state index in [4.69, 9.17) is 5.11 Å². The highest BCUT2D eigenvalue weighted by Gasteiger charge is 2.27. The number of nitrogens with zero attached hydrogens (tertiary/aromatic N) is 1. The van der Waals surface area contributed by atoms with Crippen LogP contribution in [0, 0.1) is 13.8 Å². The van der Waals surface area contributed by atoms with Crippen LogP contribution in [0.25, 0.3) is 0 Å². The molecule has 1 rings (SSSR count). The molecule has 0 spiro atoms. The number of unbranched alkanes of at least 4 members (excludes halogenated alkanes) is 1. The molecule has 0 amide bonds. The Labute approximate surface area is 116 Å². The molecule has 0 saturated carbocycles.